The molecule has 2 rings (SSSR count). The van der Waals surface area contributed by atoms with E-state index in [4.69, 9.17) is 11.2 Å². The van der Waals surface area contributed by atoms with E-state index in [0.29, 0.717) is 0 Å². The normalized spacial score (nSPS) is 20.4. The maximum absolute atomic E-state index is 11.5. The summed E-state index contributed by atoms with van der Waals surface area (Å²) >= 11 is 0. The molecule has 0 unspecified atom stereocenters. The Morgan fingerprint density at radius 1 is 1.40 bits per heavy atom. The van der Waals surface area contributed by atoms with Crippen LogP contribution in [0.15, 0.2) is 47.4 Å². The van der Waals surface area contributed by atoms with E-state index in [9.17, 15) is 15.0 Å². The molecule has 0 aliphatic carbocycles. The van der Waals surface area contributed by atoms with Crippen molar-refractivity contribution in [3.05, 3.63) is 53.0 Å². The summed E-state index contributed by atoms with van der Waals surface area (Å²) in [7, 11) is 0. The first kappa shape index (κ1) is 13.8. The maximum atomic E-state index is 11.5. The predicted molar refractivity (Wildman–Crippen MR) is 73.8 cm³/mol. The molecule has 1 heterocycles. The molecule has 1 aromatic carbocycles. The lowest BCUT2D eigenvalue weighted by Gasteiger charge is -2.27. The molecule has 1 aromatic rings. The molecule has 0 bridgehead atoms. The highest BCUT2D eigenvalue weighted by molar-refractivity contribution is 5.97. The van der Waals surface area contributed by atoms with Crippen LogP contribution in [0.25, 0.3) is 0 Å². The summed E-state index contributed by atoms with van der Waals surface area (Å²) in [6, 6.07) is 6.45. The zero-order valence-electron chi connectivity index (χ0n) is 11.0. The molecule has 0 radical (unpaired) electrons. The first-order chi connectivity index (χ1) is 9.52. The number of allylic oxidation sites excluding steroid dienone is 2. The summed E-state index contributed by atoms with van der Waals surface area (Å²) in [6.45, 7) is 1.35. The number of Topliss-reactive ketones (excluding diaryl/α,β-unsaturated/α-hetero) is 1. The van der Waals surface area contributed by atoms with Gasteiger partial charge in [0.2, 0.25) is 0 Å². The average molecular weight is 270 g/mol. The van der Waals surface area contributed by atoms with Crippen LogP contribution in [-0.2, 0) is 9.53 Å². The first-order valence-corrected chi connectivity index (χ1v) is 6.08. The molecule has 1 atom stereocenters. The first-order valence-electron chi connectivity index (χ1n) is 6.08. The molecule has 1 aliphatic heterocycles. The third kappa shape index (κ3) is 2.67. The Kier molecular flexibility index (Phi) is 3.81. The third-order valence-corrected chi connectivity index (χ3v) is 3.01. The van der Waals surface area contributed by atoms with E-state index < -0.39 is 6.10 Å². The van der Waals surface area contributed by atoms with Crippen LogP contribution in [0.2, 0.25) is 0 Å². The zero-order valence-corrected chi connectivity index (χ0v) is 11.0. The highest BCUT2D eigenvalue weighted by Gasteiger charge is 2.29. The molecular weight excluding hydrogens is 256 g/mol. The summed E-state index contributed by atoms with van der Waals surface area (Å²) in [4.78, 5) is 11.5. The van der Waals surface area contributed by atoms with E-state index in [-0.39, 0.29) is 35.0 Å². The van der Waals surface area contributed by atoms with Gasteiger partial charge in [-0.15, -0.1) is 6.42 Å². The van der Waals surface area contributed by atoms with Crippen molar-refractivity contribution in [3.63, 3.8) is 0 Å². The maximum Gasteiger partial charge on any atom is 0.166 e. The lowest BCUT2D eigenvalue weighted by Crippen LogP contribution is -2.18. The standard InChI is InChI=1S/C16H14O4/c1-3-4-14-16(10(2)17)13(19)9-15(20-14)11-5-7-12(18)8-6-11/h1,4-8,15,18-19H,9H2,2H3/b14-4+/t15-/m0/s1. The quantitative estimate of drug-likeness (QED) is 0.811. The Hall–Kier alpha value is -2.67. The summed E-state index contributed by atoms with van der Waals surface area (Å²) in [5.74, 6) is 2.31. The Morgan fingerprint density at radius 3 is 2.60 bits per heavy atom. The number of ether oxygens (including phenoxy) is 1. The largest absolute Gasteiger partial charge is 0.511 e. The molecule has 2 N–H and O–H groups in total. The number of terminal acetylenes is 1. The second-order valence-electron chi connectivity index (χ2n) is 4.46. The van der Waals surface area contributed by atoms with Gasteiger partial charge in [-0.25, -0.2) is 0 Å². The Balaban J connectivity index is 2.39. The number of aliphatic hydroxyl groups excluding tert-OH is 1. The molecule has 4 heteroatoms. The van der Waals surface area contributed by atoms with E-state index in [0.717, 1.165) is 5.56 Å². The number of hydrogen-bond acceptors (Lipinski definition) is 4. The average Bonchev–Trinajstić information content (AvgIpc) is 2.38. The van der Waals surface area contributed by atoms with Crippen molar-refractivity contribution in [1.29, 1.82) is 0 Å². The number of ketones is 1. The fraction of sp³-hybridized carbons (Fsp3) is 0.188. The van der Waals surface area contributed by atoms with Gasteiger partial charge in [-0.05, 0) is 24.6 Å². The second-order valence-corrected chi connectivity index (χ2v) is 4.46. The van der Waals surface area contributed by atoms with Crippen molar-refractivity contribution in [2.45, 2.75) is 19.4 Å². The van der Waals surface area contributed by atoms with Crippen LogP contribution < -0.4 is 0 Å². The molecule has 4 nitrogen and oxygen atoms in total. The fourth-order valence-corrected chi connectivity index (χ4v) is 2.11. The van der Waals surface area contributed by atoms with Crippen molar-refractivity contribution >= 4 is 5.78 Å². The van der Waals surface area contributed by atoms with Gasteiger partial charge < -0.3 is 14.9 Å². The van der Waals surface area contributed by atoms with Gasteiger partial charge in [0.1, 0.15) is 23.4 Å². The molecule has 0 amide bonds. The van der Waals surface area contributed by atoms with Crippen molar-refractivity contribution in [1.82, 2.24) is 0 Å². The number of carbonyl (C=O) groups is 1. The Morgan fingerprint density at radius 2 is 2.05 bits per heavy atom. The van der Waals surface area contributed by atoms with Crippen molar-refractivity contribution in [2.75, 3.05) is 0 Å². The fourth-order valence-electron chi connectivity index (χ4n) is 2.11. The number of hydrogen-bond donors (Lipinski definition) is 2. The molecular formula is C16H14O4. The second kappa shape index (κ2) is 5.54. The molecule has 0 aromatic heterocycles. The lowest BCUT2D eigenvalue weighted by molar-refractivity contribution is -0.114. The van der Waals surface area contributed by atoms with E-state index in [1.54, 1.807) is 12.1 Å². The number of rotatable bonds is 2. The van der Waals surface area contributed by atoms with Gasteiger partial charge >= 0.3 is 0 Å². The Bertz CT molecular complexity index is 629. The minimum Gasteiger partial charge on any atom is -0.511 e. The van der Waals surface area contributed by atoms with Crippen LogP contribution in [0.4, 0.5) is 0 Å². The molecule has 0 saturated carbocycles. The van der Waals surface area contributed by atoms with Gasteiger partial charge in [-0.2, -0.15) is 0 Å². The van der Waals surface area contributed by atoms with Crippen molar-refractivity contribution < 1.29 is 19.7 Å². The van der Waals surface area contributed by atoms with Crippen molar-refractivity contribution in [2.24, 2.45) is 0 Å². The molecule has 0 spiro atoms. The number of benzene rings is 1. The number of phenolic OH excluding ortho intramolecular Hbond substituents is 1. The number of phenols is 1. The third-order valence-electron chi connectivity index (χ3n) is 3.01. The van der Waals surface area contributed by atoms with E-state index >= 15 is 0 Å². The summed E-state index contributed by atoms with van der Waals surface area (Å²) in [5, 5.41) is 19.3. The SMILES string of the molecule is C#C/C=C1/O[C@H](c2ccc(O)cc2)CC(O)=C1C(C)=O. The molecule has 0 fully saturated rings. The van der Waals surface area contributed by atoms with Gasteiger partial charge in [-0.3, -0.25) is 4.79 Å². The van der Waals surface area contributed by atoms with E-state index in [1.807, 2.05) is 0 Å². The van der Waals surface area contributed by atoms with Crippen LogP contribution in [-0.4, -0.2) is 16.0 Å². The molecule has 1 aliphatic rings. The van der Waals surface area contributed by atoms with Crippen LogP contribution in [0, 0.1) is 12.3 Å². The highest BCUT2D eigenvalue weighted by Crippen LogP contribution is 2.36. The van der Waals surface area contributed by atoms with Crippen LogP contribution >= 0.6 is 0 Å². The zero-order chi connectivity index (χ0) is 14.7. The minimum absolute atomic E-state index is 0.0386. The van der Waals surface area contributed by atoms with Crippen molar-refractivity contribution in [3.8, 4) is 18.1 Å². The van der Waals surface area contributed by atoms with Crippen LogP contribution in [0.3, 0.4) is 0 Å². The monoisotopic (exact) mass is 270 g/mol. The van der Waals surface area contributed by atoms with Gasteiger partial charge in [0.05, 0.1) is 5.57 Å². The number of aromatic hydroxyl groups is 1. The number of carbonyl (C=O) groups excluding carboxylic acids is 1. The van der Waals surface area contributed by atoms with Gasteiger partial charge in [-0.1, -0.05) is 18.1 Å². The van der Waals surface area contributed by atoms with Gasteiger partial charge in [0, 0.05) is 12.5 Å². The topological polar surface area (TPSA) is 66.8 Å². The van der Waals surface area contributed by atoms with Gasteiger partial charge in [0.25, 0.3) is 0 Å². The van der Waals surface area contributed by atoms with E-state index in [1.165, 1.54) is 25.1 Å². The Labute approximate surface area is 117 Å². The predicted octanol–water partition coefficient (Wildman–Crippen LogP) is 2.77. The summed E-state index contributed by atoms with van der Waals surface area (Å²) < 4.78 is 5.70. The van der Waals surface area contributed by atoms with Crippen LogP contribution in [0.1, 0.15) is 25.0 Å². The summed E-state index contributed by atoms with van der Waals surface area (Å²) in [6.07, 6.45) is 6.27. The smallest absolute Gasteiger partial charge is 0.166 e. The van der Waals surface area contributed by atoms with Crippen LogP contribution in [0.5, 0.6) is 5.75 Å². The number of aliphatic hydroxyl groups is 1. The molecule has 102 valence electrons. The van der Waals surface area contributed by atoms with Gasteiger partial charge in [0.15, 0.2) is 5.78 Å². The minimum atomic E-state index is -0.446. The lowest BCUT2D eigenvalue weighted by atomic mass is 9.97. The van der Waals surface area contributed by atoms with E-state index in [2.05, 4.69) is 5.92 Å². The molecule has 0 saturated heterocycles. The molecule has 20 heavy (non-hydrogen) atoms. The highest BCUT2D eigenvalue weighted by atomic mass is 16.5. The summed E-state index contributed by atoms with van der Waals surface area (Å²) in [5.41, 5.74) is 0.901.